The molecule has 3 aromatic rings. The minimum atomic E-state index is 1.01. The summed E-state index contributed by atoms with van der Waals surface area (Å²) in [6.45, 7) is 0. The third-order valence-corrected chi connectivity index (χ3v) is 2.21. The van der Waals surface area contributed by atoms with Crippen LogP contribution in [0.4, 0.5) is 0 Å². The smallest absolute Gasteiger partial charge is 0.203 e. The van der Waals surface area contributed by atoms with Crippen molar-refractivity contribution in [2.24, 2.45) is 0 Å². The second-order valence-corrected chi connectivity index (χ2v) is 3.05. The van der Waals surface area contributed by atoms with Crippen molar-refractivity contribution in [1.82, 2.24) is 10.2 Å². The first-order valence-corrected chi connectivity index (χ1v) is 4.17. The number of hydrogen-bond acceptors (Lipinski definition) is 1. The molecular weight excluding hydrogens is 162 g/mol. The van der Waals surface area contributed by atoms with Crippen LogP contribution in [0.2, 0.25) is 0 Å². The van der Waals surface area contributed by atoms with Crippen LogP contribution in [0.15, 0.2) is 42.9 Å². The molecule has 0 fully saturated rings. The molecule has 0 unspecified atom stereocenters. The van der Waals surface area contributed by atoms with Crippen molar-refractivity contribution in [3.63, 3.8) is 0 Å². The summed E-state index contributed by atoms with van der Waals surface area (Å²) in [5.41, 5.74) is 1.01. The average Bonchev–Trinajstić information content (AvgIpc) is 2.61. The summed E-state index contributed by atoms with van der Waals surface area (Å²) in [4.78, 5) is 0. The second kappa shape index (κ2) is 2.29. The molecule has 0 aliphatic heterocycles. The van der Waals surface area contributed by atoms with Gasteiger partial charge in [-0.3, -0.25) is 0 Å². The van der Waals surface area contributed by atoms with Crippen LogP contribution in [0.25, 0.3) is 16.4 Å². The maximum absolute atomic E-state index is 3.96. The zero-order valence-electron chi connectivity index (χ0n) is 6.94. The van der Waals surface area contributed by atoms with Crippen LogP contribution in [0, 0.1) is 0 Å². The van der Waals surface area contributed by atoms with E-state index in [1.165, 1.54) is 10.8 Å². The highest BCUT2D eigenvalue weighted by Crippen LogP contribution is 2.11. The standard InChI is InChI=1S/C10H7N3/c1-2-4-9-6-13-7-11-12-10(13)5-8(9)3-1/h1-7H/p+1. The van der Waals surface area contributed by atoms with Crippen molar-refractivity contribution in [3.8, 4) is 0 Å². The predicted molar refractivity (Wildman–Crippen MR) is 49.3 cm³/mol. The van der Waals surface area contributed by atoms with Gasteiger partial charge in [-0.05, 0) is 5.39 Å². The van der Waals surface area contributed by atoms with Crippen molar-refractivity contribution in [1.29, 1.82) is 0 Å². The van der Waals surface area contributed by atoms with Crippen LogP contribution in [0.1, 0.15) is 0 Å². The van der Waals surface area contributed by atoms with Gasteiger partial charge in [0.25, 0.3) is 12.0 Å². The molecule has 0 amide bonds. The first kappa shape index (κ1) is 6.60. The van der Waals surface area contributed by atoms with E-state index in [-0.39, 0.29) is 0 Å². The lowest BCUT2D eigenvalue weighted by Crippen LogP contribution is -2.16. The number of rotatable bonds is 0. The molecule has 1 aromatic carbocycles. The van der Waals surface area contributed by atoms with Crippen LogP contribution < -0.4 is 4.40 Å². The van der Waals surface area contributed by atoms with E-state index < -0.39 is 0 Å². The summed E-state index contributed by atoms with van der Waals surface area (Å²) < 4.78 is 1.97. The number of aromatic nitrogens is 3. The summed E-state index contributed by atoms with van der Waals surface area (Å²) in [6.07, 6.45) is 3.83. The van der Waals surface area contributed by atoms with Crippen LogP contribution in [-0.4, -0.2) is 10.2 Å². The van der Waals surface area contributed by atoms with E-state index in [1.54, 1.807) is 6.33 Å². The Morgan fingerprint density at radius 1 is 1.15 bits per heavy atom. The minimum absolute atomic E-state index is 1.01. The molecule has 13 heavy (non-hydrogen) atoms. The summed E-state index contributed by atoms with van der Waals surface area (Å²) in [5.74, 6) is 0. The lowest BCUT2D eigenvalue weighted by atomic mass is 10.2. The molecule has 0 saturated carbocycles. The highest BCUT2D eigenvalue weighted by Gasteiger charge is 2.02. The Labute approximate surface area is 74.6 Å². The third-order valence-electron chi connectivity index (χ3n) is 2.21. The van der Waals surface area contributed by atoms with Crippen molar-refractivity contribution >= 4 is 16.4 Å². The molecule has 0 atom stereocenters. The van der Waals surface area contributed by atoms with Gasteiger partial charge in [-0.1, -0.05) is 24.3 Å². The number of benzene rings is 1. The van der Waals surface area contributed by atoms with Gasteiger partial charge in [0.05, 0.1) is 6.20 Å². The molecule has 0 spiro atoms. The molecule has 1 N–H and O–H groups in total. The van der Waals surface area contributed by atoms with Gasteiger partial charge in [0.2, 0.25) is 0 Å². The molecule has 3 heteroatoms. The fourth-order valence-electron chi connectivity index (χ4n) is 1.54. The molecule has 3 rings (SSSR count). The van der Waals surface area contributed by atoms with Crippen LogP contribution in [-0.2, 0) is 0 Å². The monoisotopic (exact) mass is 170 g/mol. The molecule has 0 aliphatic carbocycles. The molecule has 0 radical (unpaired) electrons. The quantitative estimate of drug-likeness (QED) is 0.507. The van der Waals surface area contributed by atoms with Crippen molar-refractivity contribution in [3.05, 3.63) is 42.9 Å². The van der Waals surface area contributed by atoms with Gasteiger partial charge in [-0.15, -0.1) is 5.10 Å². The Kier molecular flexibility index (Phi) is 1.16. The first-order chi connectivity index (χ1) is 6.43. The Balaban J connectivity index is 2.57. The number of fused-ring (bicyclic) bond motifs is 2. The highest BCUT2D eigenvalue weighted by molar-refractivity contribution is 5.82. The summed E-state index contributed by atoms with van der Waals surface area (Å²) in [5, 5.41) is 9.34. The van der Waals surface area contributed by atoms with Crippen molar-refractivity contribution < 1.29 is 4.40 Å². The molecule has 2 aromatic heterocycles. The van der Waals surface area contributed by atoms with Crippen LogP contribution >= 0.6 is 0 Å². The molecule has 0 bridgehead atoms. The molecular formula is C10H8N3+. The first-order valence-electron chi connectivity index (χ1n) is 4.17. The summed E-state index contributed by atoms with van der Waals surface area (Å²) in [7, 11) is 0. The van der Waals surface area contributed by atoms with Crippen LogP contribution in [0.3, 0.4) is 0 Å². The van der Waals surface area contributed by atoms with E-state index in [2.05, 4.69) is 34.6 Å². The van der Waals surface area contributed by atoms with E-state index in [4.69, 9.17) is 0 Å². The van der Waals surface area contributed by atoms with Gasteiger partial charge in [0, 0.05) is 16.6 Å². The van der Waals surface area contributed by atoms with Crippen LogP contribution in [0.5, 0.6) is 0 Å². The number of pyridine rings is 1. The van der Waals surface area contributed by atoms with Gasteiger partial charge < -0.3 is 0 Å². The largest absolute Gasteiger partial charge is 0.269 e. The van der Waals surface area contributed by atoms with Crippen molar-refractivity contribution in [2.45, 2.75) is 0 Å². The van der Waals surface area contributed by atoms with E-state index >= 15 is 0 Å². The summed E-state index contributed by atoms with van der Waals surface area (Å²) >= 11 is 0. The fraction of sp³-hybridized carbons (Fsp3) is 0. The molecule has 3 nitrogen and oxygen atoms in total. The van der Waals surface area contributed by atoms with Gasteiger partial charge in [-0.2, -0.15) is 0 Å². The average molecular weight is 170 g/mol. The van der Waals surface area contributed by atoms with Gasteiger partial charge in [-0.25, -0.2) is 4.40 Å². The van der Waals surface area contributed by atoms with E-state index in [9.17, 15) is 0 Å². The van der Waals surface area contributed by atoms with Gasteiger partial charge in [0.15, 0.2) is 0 Å². The maximum Gasteiger partial charge on any atom is 0.269 e. The highest BCUT2D eigenvalue weighted by atomic mass is 15.2. The molecule has 0 aliphatic rings. The Hall–Kier alpha value is -1.90. The number of nitrogens with zero attached hydrogens (tertiary/aromatic N) is 2. The minimum Gasteiger partial charge on any atom is -0.203 e. The predicted octanol–water partition coefficient (Wildman–Crippen LogP) is 1.30. The normalized spacial score (nSPS) is 11.1. The lowest BCUT2D eigenvalue weighted by molar-refractivity contribution is -0.510. The number of aromatic amines is 1. The lowest BCUT2D eigenvalue weighted by Gasteiger charge is -1.93. The maximum atomic E-state index is 3.96. The SMILES string of the molecule is c1ccc2c[n+]3cn[nH]c3cc2c1. The zero-order chi connectivity index (χ0) is 8.67. The topological polar surface area (TPSA) is 32.8 Å². The molecule has 0 saturated heterocycles. The second-order valence-electron chi connectivity index (χ2n) is 3.05. The van der Waals surface area contributed by atoms with E-state index in [0.29, 0.717) is 0 Å². The molecule has 2 heterocycles. The molecule has 62 valence electrons. The van der Waals surface area contributed by atoms with E-state index in [1.807, 2.05) is 16.5 Å². The van der Waals surface area contributed by atoms with Gasteiger partial charge in [0.1, 0.15) is 0 Å². The van der Waals surface area contributed by atoms with E-state index in [0.717, 1.165) is 5.65 Å². The number of hydrogen-bond donors (Lipinski definition) is 1. The van der Waals surface area contributed by atoms with Gasteiger partial charge >= 0.3 is 0 Å². The van der Waals surface area contributed by atoms with Crippen molar-refractivity contribution in [2.75, 3.05) is 0 Å². The Morgan fingerprint density at radius 2 is 2.00 bits per heavy atom. The Bertz CT molecular complexity index is 519. The third kappa shape index (κ3) is 0.902. The number of H-pyrrole nitrogens is 1. The zero-order valence-corrected chi connectivity index (χ0v) is 6.94. The number of nitrogens with one attached hydrogen (secondary N) is 1. The fourth-order valence-corrected chi connectivity index (χ4v) is 1.54. The Morgan fingerprint density at radius 3 is 2.92 bits per heavy atom. The summed E-state index contributed by atoms with van der Waals surface area (Å²) in [6, 6.07) is 10.3.